The maximum Gasteiger partial charge on any atom is 0.0441 e. The molecule has 1 aromatic heterocycles. The Morgan fingerprint density at radius 2 is 1.95 bits per heavy atom. The smallest absolute Gasteiger partial charge is 0.0441 e. The van der Waals surface area contributed by atoms with Crippen molar-refractivity contribution in [3.63, 3.8) is 0 Å². The van der Waals surface area contributed by atoms with Crippen molar-refractivity contribution >= 4 is 5.69 Å². The van der Waals surface area contributed by atoms with Gasteiger partial charge in [-0.3, -0.25) is 4.98 Å². The Labute approximate surface area is 115 Å². The summed E-state index contributed by atoms with van der Waals surface area (Å²) in [6.07, 6.45) is 4.66. The molecule has 0 fully saturated rings. The maximum atomic E-state index is 6.02. The van der Waals surface area contributed by atoms with Gasteiger partial charge in [-0.15, -0.1) is 0 Å². The topological polar surface area (TPSA) is 42.1 Å². The number of nitrogens with zero attached hydrogens (tertiary/aromatic N) is 2. The zero-order valence-electron chi connectivity index (χ0n) is 11.6. The fourth-order valence-electron chi connectivity index (χ4n) is 2.07. The zero-order valence-corrected chi connectivity index (χ0v) is 11.6. The predicted octanol–water partition coefficient (Wildman–Crippen LogP) is 3.13. The number of benzene rings is 1. The maximum absolute atomic E-state index is 6.02. The molecule has 0 saturated heterocycles. The third-order valence-electron chi connectivity index (χ3n) is 3.34. The largest absolute Gasteiger partial charge is 0.370 e. The van der Waals surface area contributed by atoms with Crippen molar-refractivity contribution in [2.75, 3.05) is 11.9 Å². The highest BCUT2D eigenvalue weighted by Crippen LogP contribution is 2.20. The summed E-state index contributed by atoms with van der Waals surface area (Å²) >= 11 is 0. The highest BCUT2D eigenvalue weighted by Gasteiger charge is 2.05. The van der Waals surface area contributed by atoms with Crippen molar-refractivity contribution in [3.8, 4) is 0 Å². The molecule has 1 atom stereocenters. The van der Waals surface area contributed by atoms with Crippen molar-refractivity contribution in [2.45, 2.75) is 25.9 Å². The van der Waals surface area contributed by atoms with Gasteiger partial charge in [-0.05, 0) is 35.7 Å². The minimum Gasteiger partial charge on any atom is -0.370 e. The average Bonchev–Trinajstić information content (AvgIpc) is 2.47. The van der Waals surface area contributed by atoms with E-state index in [2.05, 4.69) is 54.2 Å². The van der Waals surface area contributed by atoms with Gasteiger partial charge in [-0.2, -0.15) is 0 Å². The fourth-order valence-corrected chi connectivity index (χ4v) is 2.07. The van der Waals surface area contributed by atoms with E-state index in [-0.39, 0.29) is 6.04 Å². The molecule has 0 aliphatic heterocycles. The van der Waals surface area contributed by atoms with E-state index in [9.17, 15) is 0 Å². The zero-order chi connectivity index (χ0) is 13.7. The minimum atomic E-state index is 0.137. The molecule has 3 heteroatoms. The first kappa shape index (κ1) is 13.6. The van der Waals surface area contributed by atoms with Crippen LogP contribution in [0.15, 0.2) is 48.8 Å². The molecule has 19 heavy (non-hydrogen) atoms. The van der Waals surface area contributed by atoms with Gasteiger partial charge in [0.1, 0.15) is 0 Å². The average molecular weight is 255 g/mol. The summed E-state index contributed by atoms with van der Waals surface area (Å²) in [7, 11) is 2.09. The predicted molar refractivity (Wildman–Crippen MR) is 80.0 cm³/mol. The Bertz CT molecular complexity index is 493. The summed E-state index contributed by atoms with van der Waals surface area (Å²) < 4.78 is 0. The van der Waals surface area contributed by atoms with Crippen molar-refractivity contribution in [2.24, 2.45) is 5.73 Å². The molecule has 0 radical (unpaired) electrons. The van der Waals surface area contributed by atoms with Crippen LogP contribution in [0.2, 0.25) is 0 Å². The Morgan fingerprint density at radius 1 is 1.21 bits per heavy atom. The second-order valence-electron chi connectivity index (χ2n) is 4.82. The van der Waals surface area contributed by atoms with Crippen LogP contribution >= 0.6 is 0 Å². The molecule has 2 rings (SSSR count). The quantitative estimate of drug-likeness (QED) is 0.892. The first-order valence-corrected chi connectivity index (χ1v) is 6.66. The number of rotatable bonds is 5. The molecular weight excluding hydrogens is 234 g/mol. The summed E-state index contributed by atoms with van der Waals surface area (Å²) in [4.78, 5) is 6.34. The Balaban J connectivity index is 2.05. The highest BCUT2D eigenvalue weighted by atomic mass is 15.1. The standard InChI is InChI=1S/C16H21N3/c1-3-16(17)14-6-8-15(9-7-14)19(2)12-13-5-4-10-18-11-13/h4-11,16H,3,12,17H2,1-2H3. The van der Waals surface area contributed by atoms with E-state index in [1.54, 1.807) is 6.20 Å². The van der Waals surface area contributed by atoms with Crippen molar-refractivity contribution in [1.82, 2.24) is 4.98 Å². The number of nitrogens with two attached hydrogens (primary N) is 1. The van der Waals surface area contributed by atoms with E-state index in [1.165, 1.54) is 16.8 Å². The monoisotopic (exact) mass is 255 g/mol. The molecule has 0 aliphatic rings. The Kier molecular flexibility index (Phi) is 4.53. The molecule has 1 unspecified atom stereocenters. The molecule has 1 heterocycles. The second-order valence-corrected chi connectivity index (χ2v) is 4.82. The number of hydrogen-bond donors (Lipinski definition) is 1. The van der Waals surface area contributed by atoms with Gasteiger partial charge in [0.25, 0.3) is 0 Å². The summed E-state index contributed by atoms with van der Waals surface area (Å²) in [5.74, 6) is 0. The molecule has 0 amide bonds. The van der Waals surface area contributed by atoms with Crippen molar-refractivity contribution in [3.05, 3.63) is 59.9 Å². The van der Waals surface area contributed by atoms with Crippen LogP contribution in [-0.2, 0) is 6.54 Å². The van der Waals surface area contributed by atoms with Crippen LogP contribution in [0.1, 0.15) is 30.5 Å². The molecule has 0 bridgehead atoms. The van der Waals surface area contributed by atoms with E-state index in [4.69, 9.17) is 5.73 Å². The number of pyridine rings is 1. The van der Waals surface area contributed by atoms with E-state index >= 15 is 0 Å². The van der Waals surface area contributed by atoms with Crippen LogP contribution in [0.4, 0.5) is 5.69 Å². The van der Waals surface area contributed by atoms with E-state index in [0.29, 0.717) is 0 Å². The van der Waals surface area contributed by atoms with Gasteiger partial charge in [0.2, 0.25) is 0 Å². The van der Waals surface area contributed by atoms with Crippen LogP contribution in [0.5, 0.6) is 0 Å². The van der Waals surface area contributed by atoms with Crippen LogP contribution < -0.4 is 10.6 Å². The van der Waals surface area contributed by atoms with Crippen LogP contribution in [0, 0.1) is 0 Å². The SMILES string of the molecule is CCC(N)c1ccc(N(C)Cc2cccnc2)cc1. The molecule has 3 nitrogen and oxygen atoms in total. The fraction of sp³-hybridized carbons (Fsp3) is 0.312. The Hall–Kier alpha value is -1.87. The van der Waals surface area contributed by atoms with Gasteiger partial charge in [0.05, 0.1) is 0 Å². The normalized spacial score (nSPS) is 12.2. The Morgan fingerprint density at radius 3 is 2.53 bits per heavy atom. The lowest BCUT2D eigenvalue weighted by atomic mass is 10.1. The van der Waals surface area contributed by atoms with Crippen molar-refractivity contribution in [1.29, 1.82) is 0 Å². The molecule has 2 N–H and O–H groups in total. The lowest BCUT2D eigenvalue weighted by molar-refractivity contribution is 0.698. The number of hydrogen-bond acceptors (Lipinski definition) is 3. The third kappa shape index (κ3) is 3.55. The highest BCUT2D eigenvalue weighted by molar-refractivity contribution is 5.47. The lowest BCUT2D eigenvalue weighted by Crippen LogP contribution is -2.16. The van der Waals surface area contributed by atoms with Gasteiger partial charge in [0, 0.05) is 37.7 Å². The van der Waals surface area contributed by atoms with E-state index < -0.39 is 0 Å². The lowest BCUT2D eigenvalue weighted by Gasteiger charge is -2.20. The van der Waals surface area contributed by atoms with Crippen LogP contribution in [0.3, 0.4) is 0 Å². The van der Waals surface area contributed by atoms with Gasteiger partial charge >= 0.3 is 0 Å². The van der Waals surface area contributed by atoms with Gasteiger partial charge in [-0.25, -0.2) is 0 Å². The molecular formula is C16H21N3. The number of aromatic nitrogens is 1. The van der Waals surface area contributed by atoms with Gasteiger partial charge in [0.15, 0.2) is 0 Å². The molecule has 1 aromatic carbocycles. The summed E-state index contributed by atoms with van der Waals surface area (Å²) in [5.41, 5.74) is 9.62. The first-order valence-electron chi connectivity index (χ1n) is 6.66. The van der Waals surface area contributed by atoms with Crippen LogP contribution in [0.25, 0.3) is 0 Å². The van der Waals surface area contributed by atoms with E-state index in [0.717, 1.165) is 13.0 Å². The van der Waals surface area contributed by atoms with Gasteiger partial charge < -0.3 is 10.6 Å². The summed E-state index contributed by atoms with van der Waals surface area (Å²) in [5, 5.41) is 0. The molecule has 0 saturated carbocycles. The number of anilines is 1. The summed E-state index contributed by atoms with van der Waals surface area (Å²) in [6.45, 7) is 2.96. The third-order valence-corrected chi connectivity index (χ3v) is 3.34. The first-order chi connectivity index (χ1) is 9.20. The van der Waals surface area contributed by atoms with Crippen LogP contribution in [-0.4, -0.2) is 12.0 Å². The molecule has 100 valence electrons. The minimum absolute atomic E-state index is 0.137. The molecule has 0 spiro atoms. The second kappa shape index (κ2) is 6.34. The molecule has 0 aliphatic carbocycles. The van der Waals surface area contributed by atoms with Gasteiger partial charge in [-0.1, -0.05) is 25.1 Å². The van der Waals surface area contributed by atoms with E-state index in [1.807, 2.05) is 12.3 Å². The molecule has 2 aromatic rings. The summed E-state index contributed by atoms with van der Waals surface area (Å²) in [6, 6.07) is 12.7. The van der Waals surface area contributed by atoms with Crippen molar-refractivity contribution < 1.29 is 0 Å².